The number of ether oxygens (including phenoxy) is 2. The molecule has 5 heteroatoms. The molecular weight excluding hydrogens is 234 g/mol. The highest BCUT2D eigenvalue weighted by molar-refractivity contribution is 5.82. The lowest BCUT2D eigenvalue weighted by Gasteiger charge is -2.30. The minimum absolute atomic E-state index is 0.00857. The second kappa shape index (κ2) is 5.59. The minimum Gasteiger partial charge on any atom is -0.464 e. The summed E-state index contributed by atoms with van der Waals surface area (Å²) in [5.74, 6) is -0.340. The largest absolute Gasteiger partial charge is 0.464 e. The second-order valence-electron chi connectivity index (χ2n) is 5.58. The summed E-state index contributed by atoms with van der Waals surface area (Å²) in [6.45, 7) is 9.43. The van der Waals surface area contributed by atoms with E-state index in [4.69, 9.17) is 9.47 Å². The van der Waals surface area contributed by atoms with Gasteiger partial charge >= 0.3 is 12.1 Å². The monoisotopic (exact) mass is 257 g/mol. The molecule has 0 aromatic carbocycles. The van der Waals surface area contributed by atoms with E-state index in [0.29, 0.717) is 13.0 Å². The van der Waals surface area contributed by atoms with Gasteiger partial charge in [0.2, 0.25) is 0 Å². The van der Waals surface area contributed by atoms with Gasteiger partial charge < -0.3 is 9.47 Å². The van der Waals surface area contributed by atoms with Crippen LogP contribution in [0.4, 0.5) is 4.79 Å². The molecule has 1 saturated heterocycles. The molecule has 18 heavy (non-hydrogen) atoms. The van der Waals surface area contributed by atoms with Gasteiger partial charge in [0.15, 0.2) is 0 Å². The SMILES string of the molecule is CCOC(=O)[C@@H]1CC[C@H](C)N1C(=O)OC(C)(C)C. The number of carbonyl (C=O) groups is 2. The number of hydrogen-bond donors (Lipinski definition) is 0. The number of amides is 1. The first-order valence-corrected chi connectivity index (χ1v) is 6.44. The predicted octanol–water partition coefficient (Wildman–Crippen LogP) is 2.34. The molecule has 2 atom stereocenters. The smallest absolute Gasteiger partial charge is 0.411 e. The van der Waals surface area contributed by atoms with Gasteiger partial charge in [-0.1, -0.05) is 0 Å². The summed E-state index contributed by atoms with van der Waals surface area (Å²) in [5, 5.41) is 0. The highest BCUT2D eigenvalue weighted by Crippen LogP contribution is 2.27. The molecule has 1 aliphatic rings. The molecule has 0 unspecified atom stereocenters. The second-order valence-corrected chi connectivity index (χ2v) is 5.58. The predicted molar refractivity (Wildman–Crippen MR) is 67.2 cm³/mol. The van der Waals surface area contributed by atoms with Crippen LogP contribution in [0.2, 0.25) is 0 Å². The fourth-order valence-corrected chi connectivity index (χ4v) is 2.08. The fourth-order valence-electron chi connectivity index (χ4n) is 2.08. The summed E-state index contributed by atoms with van der Waals surface area (Å²) in [6, 6.07) is -0.496. The summed E-state index contributed by atoms with van der Waals surface area (Å²) in [6.07, 6.45) is 0.993. The number of likely N-dealkylation sites (tertiary alicyclic amines) is 1. The van der Waals surface area contributed by atoms with E-state index in [1.54, 1.807) is 6.92 Å². The Morgan fingerprint density at radius 1 is 1.28 bits per heavy atom. The number of carbonyl (C=O) groups excluding carboxylic acids is 2. The molecule has 0 aromatic rings. The lowest BCUT2D eigenvalue weighted by molar-refractivity contribution is -0.148. The number of hydrogen-bond acceptors (Lipinski definition) is 4. The van der Waals surface area contributed by atoms with Crippen LogP contribution in [-0.2, 0) is 14.3 Å². The Morgan fingerprint density at radius 3 is 2.39 bits per heavy atom. The van der Waals surface area contributed by atoms with E-state index in [1.807, 2.05) is 27.7 Å². The summed E-state index contributed by atoms with van der Waals surface area (Å²) < 4.78 is 10.3. The van der Waals surface area contributed by atoms with E-state index in [-0.39, 0.29) is 12.0 Å². The third-order valence-corrected chi connectivity index (χ3v) is 2.83. The van der Waals surface area contributed by atoms with E-state index >= 15 is 0 Å². The molecule has 0 spiro atoms. The topological polar surface area (TPSA) is 55.8 Å². The van der Waals surface area contributed by atoms with Crippen LogP contribution >= 0.6 is 0 Å². The van der Waals surface area contributed by atoms with Crippen molar-refractivity contribution in [2.24, 2.45) is 0 Å². The van der Waals surface area contributed by atoms with Crippen LogP contribution in [0.1, 0.15) is 47.5 Å². The van der Waals surface area contributed by atoms with Crippen molar-refractivity contribution in [1.82, 2.24) is 4.90 Å². The van der Waals surface area contributed by atoms with Crippen molar-refractivity contribution in [2.45, 2.75) is 65.1 Å². The Labute approximate surface area is 108 Å². The van der Waals surface area contributed by atoms with Crippen LogP contribution < -0.4 is 0 Å². The van der Waals surface area contributed by atoms with Crippen molar-refractivity contribution in [3.05, 3.63) is 0 Å². The third-order valence-electron chi connectivity index (χ3n) is 2.83. The average Bonchev–Trinajstić information content (AvgIpc) is 2.58. The lowest BCUT2D eigenvalue weighted by Crippen LogP contribution is -2.46. The molecule has 0 saturated carbocycles. The van der Waals surface area contributed by atoms with E-state index < -0.39 is 17.7 Å². The molecule has 0 aromatic heterocycles. The Bertz CT molecular complexity index is 321. The van der Waals surface area contributed by atoms with Crippen LogP contribution in [0.5, 0.6) is 0 Å². The maximum absolute atomic E-state index is 12.1. The standard InChI is InChI=1S/C13H23NO4/c1-6-17-11(15)10-8-7-9(2)14(10)12(16)18-13(3,4)5/h9-10H,6-8H2,1-5H3/t9-,10-/m0/s1. The Balaban J connectivity index is 2.76. The van der Waals surface area contributed by atoms with Gasteiger partial charge in [-0.25, -0.2) is 9.59 Å². The van der Waals surface area contributed by atoms with Crippen LogP contribution in [0.25, 0.3) is 0 Å². The third kappa shape index (κ3) is 3.62. The zero-order chi connectivity index (χ0) is 13.9. The van der Waals surface area contributed by atoms with Gasteiger partial charge in [-0.2, -0.15) is 0 Å². The molecular formula is C13H23NO4. The summed E-state index contributed by atoms with van der Waals surface area (Å²) in [7, 11) is 0. The molecule has 5 nitrogen and oxygen atoms in total. The maximum atomic E-state index is 12.1. The van der Waals surface area contributed by atoms with Gasteiger partial charge in [-0.3, -0.25) is 4.90 Å². The molecule has 0 bridgehead atoms. The van der Waals surface area contributed by atoms with Crippen molar-refractivity contribution < 1.29 is 19.1 Å². The van der Waals surface area contributed by atoms with Crippen molar-refractivity contribution in [1.29, 1.82) is 0 Å². The number of rotatable bonds is 2. The molecule has 1 fully saturated rings. The van der Waals surface area contributed by atoms with Gasteiger partial charge in [0.25, 0.3) is 0 Å². The van der Waals surface area contributed by atoms with Crippen molar-refractivity contribution in [3.63, 3.8) is 0 Å². The maximum Gasteiger partial charge on any atom is 0.411 e. The fraction of sp³-hybridized carbons (Fsp3) is 0.846. The van der Waals surface area contributed by atoms with Crippen molar-refractivity contribution in [3.8, 4) is 0 Å². The first-order valence-electron chi connectivity index (χ1n) is 6.44. The van der Waals surface area contributed by atoms with Crippen molar-refractivity contribution >= 4 is 12.1 Å². The highest BCUT2D eigenvalue weighted by atomic mass is 16.6. The molecule has 104 valence electrons. The molecule has 1 heterocycles. The first kappa shape index (κ1) is 14.8. The molecule has 0 radical (unpaired) electrons. The van der Waals surface area contributed by atoms with Gasteiger partial charge in [0.1, 0.15) is 11.6 Å². The van der Waals surface area contributed by atoms with Crippen LogP contribution in [0.3, 0.4) is 0 Å². The summed E-state index contributed by atoms with van der Waals surface area (Å²) in [4.78, 5) is 25.4. The van der Waals surface area contributed by atoms with E-state index in [1.165, 1.54) is 4.90 Å². The Morgan fingerprint density at radius 2 is 1.89 bits per heavy atom. The van der Waals surface area contributed by atoms with Crippen LogP contribution in [0.15, 0.2) is 0 Å². The summed E-state index contributed by atoms with van der Waals surface area (Å²) in [5.41, 5.74) is -0.557. The Kier molecular flexibility index (Phi) is 4.59. The molecule has 0 aliphatic carbocycles. The van der Waals surface area contributed by atoms with Gasteiger partial charge in [-0.05, 0) is 47.5 Å². The first-order chi connectivity index (χ1) is 8.26. The Hall–Kier alpha value is -1.26. The average molecular weight is 257 g/mol. The van der Waals surface area contributed by atoms with Crippen LogP contribution in [0, 0.1) is 0 Å². The van der Waals surface area contributed by atoms with Crippen molar-refractivity contribution in [2.75, 3.05) is 6.61 Å². The molecule has 1 rings (SSSR count). The van der Waals surface area contributed by atoms with E-state index in [9.17, 15) is 9.59 Å². The highest BCUT2D eigenvalue weighted by Gasteiger charge is 2.41. The number of nitrogens with zero attached hydrogens (tertiary/aromatic N) is 1. The normalized spacial score (nSPS) is 23.9. The zero-order valence-corrected chi connectivity index (χ0v) is 11.9. The van der Waals surface area contributed by atoms with E-state index in [0.717, 1.165) is 6.42 Å². The quantitative estimate of drug-likeness (QED) is 0.712. The zero-order valence-electron chi connectivity index (χ0n) is 11.9. The van der Waals surface area contributed by atoms with Crippen LogP contribution in [-0.4, -0.2) is 41.3 Å². The lowest BCUT2D eigenvalue weighted by atomic mass is 10.2. The van der Waals surface area contributed by atoms with E-state index in [2.05, 4.69) is 0 Å². The molecule has 1 aliphatic heterocycles. The van der Waals surface area contributed by atoms with Gasteiger partial charge in [-0.15, -0.1) is 0 Å². The number of esters is 1. The van der Waals surface area contributed by atoms with Gasteiger partial charge in [0, 0.05) is 6.04 Å². The molecule has 1 amide bonds. The molecule has 0 N–H and O–H groups in total. The minimum atomic E-state index is -0.557. The van der Waals surface area contributed by atoms with Gasteiger partial charge in [0.05, 0.1) is 6.61 Å². The summed E-state index contributed by atoms with van der Waals surface area (Å²) >= 11 is 0.